The smallest absolute Gasteiger partial charge is 0.410 e. The minimum absolute atomic E-state index is 0.0246. The third-order valence-electron chi connectivity index (χ3n) is 10.7. The van der Waals surface area contributed by atoms with Crippen LogP contribution in [0.4, 0.5) is 4.79 Å². The van der Waals surface area contributed by atoms with Gasteiger partial charge in [-0.2, -0.15) is 0 Å². The highest BCUT2D eigenvalue weighted by atomic mass is 32.2. The van der Waals surface area contributed by atoms with E-state index in [1.165, 1.54) is 29.1 Å². The normalized spacial score (nSPS) is 34.7. The van der Waals surface area contributed by atoms with E-state index in [4.69, 9.17) is 14.6 Å². The molecule has 43 heavy (non-hydrogen) atoms. The lowest BCUT2D eigenvalue weighted by Crippen LogP contribution is -2.67. The molecule has 4 unspecified atom stereocenters. The number of alkyl carbamates (subject to hydrolysis) is 1. The molecular formula is C34H41N3O5S. The van der Waals surface area contributed by atoms with Crippen molar-refractivity contribution < 1.29 is 24.2 Å². The number of rotatable bonds is 11. The second kappa shape index (κ2) is 10.9. The topological polar surface area (TPSA) is 116 Å². The van der Waals surface area contributed by atoms with E-state index in [1.54, 1.807) is 0 Å². The zero-order chi connectivity index (χ0) is 29.8. The van der Waals surface area contributed by atoms with Gasteiger partial charge in [-0.1, -0.05) is 48.5 Å². The van der Waals surface area contributed by atoms with Gasteiger partial charge in [0.2, 0.25) is 0 Å². The number of carbonyl (C=O) groups is 2. The number of aromatic nitrogens is 1. The summed E-state index contributed by atoms with van der Waals surface area (Å²) in [4.78, 5) is 28.3. The summed E-state index contributed by atoms with van der Waals surface area (Å²) in [6.07, 6.45) is 7.64. The third-order valence-corrected chi connectivity index (χ3v) is 11.8. The zero-order valence-corrected chi connectivity index (χ0v) is 25.6. The first-order valence-electron chi connectivity index (χ1n) is 15.5. The van der Waals surface area contributed by atoms with Crippen molar-refractivity contribution in [1.29, 1.82) is 0 Å². The van der Waals surface area contributed by atoms with Gasteiger partial charge >= 0.3 is 12.1 Å². The Morgan fingerprint density at radius 1 is 1.07 bits per heavy atom. The number of nitrogens with one attached hydrogen (secondary N) is 3. The van der Waals surface area contributed by atoms with Gasteiger partial charge in [0.25, 0.3) is 0 Å². The quantitative estimate of drug-likeness (QED) is 0.204. The molecule has 2 aromatic carbocycles. The molecule has 1 amide bonds. The molecule has 4 bridgehead atoms. The lowest BCUT2D eigenvalue weighted by Gasteiger charge is -2.65. The van der Waals surface area contributed by atoms with E-state index in [9.17, 15) is 9.59 Å². The number of H-pyrrole nitrogens is 1. The molecule has 4 aliphatic carbocycles. The lowest BCUT2D eigenvalue weighted by molar-refractivity contribution is -0.181. The second-order valence-corrected chi connectivity index (χ2v) is 14.6. The van der Waals surface area contributed by atoms with Crippen molar-refractivity contribution in [2.75, 3.05) is 11.5 Å². The largest absolute Gasteiger partial charge is 0.481 e. The summed E-state index contributed by atoms with van der Waals surface area (Å²) in [5.41, 5.74) is 1.80. The van der Waals surface area contributed by atoms with Crippen LogP contribution in [0.15, 0.2) is 60.8 Å². The van der Waals surface area contributed by atoms with E-state index in [-0.39, 0.29) is 17.2 Å². The summed E-state index contributed by atoms with van der Waals surface area (Å²) in [5, 5.41) is 16.9. The van der Waals surface area contributed by atoms with Gasteiger partial charge in [0.15, 0.2) is 12.0 Å². The van der Waals surface area contributed by atoms with Crippen LogP contribution in [0.1, 0.15) is 57.1 Å². The van der Waals surface area contributed by atoms with E-state index >= 15 is 0 Å². The van der Waals surface area contributed by atoms with Crippen LogP contribution in [0.2, 0.25) is 0 Å². The highest BCUT2D eigenvalue weighted by Gasteiger charge is 2.67. The Labute approximate surface area is 256 Å². The number of benzene rings is 2. The van der Waals surface area contributed by atoms with Gasteiger partial charge in [-0.05, 0) is 87.3 Å². The molecule has 8 rings (SSSR count). The number of carboxylic acid groups (broad SMARTS) is 1. The Hall–Kier alpha value is -3.01. The molecule has 4 saturated carbocycles. The molecule has 5 aliphatic rings. The fourth-order valence-electron chi connectivity index (χ4n) is 8.84. The molecule has 1 aliphatic heterocycles. The number of thioether (sulfide) groups is 1. The van der Waals surface area contributed by atoms with Crippen molar-refractivity contribution in [3.8, 4) is 0 Å². The molecule has 3 aromatic rings. The Morgan fingerprint density at radius 2 is 1.79 bits per heavy atom. The minimum Gasteiger partial charge on any atom is -0.481 e. The van der Waals surface area contributed by atoms with E-state index in [2.05, 4.69) is 65.1 Å². The van der Waals surface area contributed by atoms with Crippen molar-refractivity contribution in [2.45, 2.75) is 81.4 Å². The number of para-hydroxylation sites is 1. The molecule has 4 N–H and O–H groups in total. The predicted molar refractivity (Wildman–Crippen MR) is 167 cm³/mol. The van der Waals surface area contributed by atoms with Gasteiger partial charge in [-0.15, -0.1) is 11.8 Å². The molecule has 0 radical (unpaired) electrons. The van der Waals surface area contributed by atoms with Gasteiger partial charge in [0.1, 0.15) is 5.60 Å². The van der Waals surface area contributed by atoms with Crippen LogP contribution >= 0.6 is 11.8 Å². The zero-order valence-electron chi connectivity index (χ0n) is 24.8. The molecule has 5 fully saturated rings. The molecule has 228 valence electrons. The number of aliphatic carboxylic acids is 1. The van der Waals surface area contributed by atoms with Gasteiger partial charge in [-0.25, -0.2) is 4.79 Å². The maximum atomic E-state index is 13.7. The average Bonchev–Trinajstić information content (AvgIpc) is 3.37. The number of carboxylic acids is 1. The van der Waals surface area contributed by atoms with Gasteiger partial charge in [0.05, 0.1) is 5.75 Å². The summed E-state index contributed by atoms with van der Waals surface area (Å²) < 4.78 is 12.6. The molecule has 0 spiro atoms. The molecular weight excluding hydrogens is 562 g/mol. The summed E-state index contributed by atoms with van der Waals surface area (Å²) in [6, 6.07) is 18.5. The number of carbonyl (C=O) groups excluding carboxylic acids is 1. The average molecular weight is 604 g/mol. The first-order chi connectivity index (χ1) is 20.7. The fraction of sp³-hybridized carbons (Fsp3) is 0.529. The summed E-state index contributed by atoms with van der Waals surface area (Å²) in [5.74, 6) is 1.48. The van der Waals surface area contributed by atoms with Crippen LogP contribution in [0.3, 0.4) is 0 Å². The van der Waals surface area contributed by atoms with E-state index in [0.717, 1.165) is 43.2 Å². The molecule has 8 nitrogen and oxygen atoms in total. The number of epoxide rings is 1. The maximum absolute atomic E-state index is 13.7. The molecule has 1 saturated heterocycles. The van der Waals surface area contributed by atoms with Crippen molar-refractivity contribution in [2.24, 2.45) is 17.8 Å². The number of hydrogen-bond donors (Lipinski definition) is 4. The monoisotopic (exact) mass is 603 g/mol. The van der Waals surface area contributed by atoms with Crippen molar-refractivity contribution in [1.82, 2.24) is 15.6 Å². The van der Waals surface area contributed by atoms with Crippen LogP contribution < -0.4 is 10.6 Å². The third kappa shape index (κ3) is 5.23. The van der Waals surface area contributed by atoms with Gasteiger partial charge in [0, 0.05) is 34.3 Å². The van der Waals surface area contributed by atoms with Gasteiger partial charge in [-0.3, -0.25) is 15.4 Å². The van der Waals surface area contributed by atoms with Crippen LogP contribution in [0.25, 0.3) is 10.9 Å². The summed E-state index contributed by atoms with van der Waals surface area (Å²) >= 11 is 1.37. The Balaban J connectivity index is 1.07. The van der Waals surface area contributed by atoms with E-state index in [1.807, 2.05) is 25.1 Å². The van der Waals surface area contributed by atoms with E-state index < -0.39 is 29.6 Å². The standard InChI is InChI=1S/C34H41N3O5S/c1-32(24-13-22-12-23(14-24)17-34(32,16-22)27-18-35-28-11-7-6-10-26(27)28)42-31(40)37-33(2)30(41-33)36-25(19-43-20-29(38)39)15-21-8-4-3-5-9-21/h3-11,18,22-25,30,35-36H,12-17,19-20H2,1-2H3,(H,37,40)(H,38,39)/t22?,23?,24?,25?,30-,32?,33+,34?/m1/s1. The highest BCUT2D eigenvalue weighted by molar-refractivity contribution is 7.99. The maximum Gasteiger partial charge on any atom is 0.410 e. The van der Waals surface area contributed by atoms with Crippen molar-refractivity contribution >= 4 is 34.7 Å². The fourth-order valence-corrected chi connectivity index (χ4v) is 9.63. The molecule has 1 aromatic heterocycles. The first kappa shape index (κ1) is 28.7. The number of aromatic amines is 1. The summed E-state index contributed by atoms with van der Waals surface area (Å²) in [7, 11) is 0. The molecule has 9 heteroatoms. The van der Waals surface area contributed by atoms with Gasteiger partial charge < -0.3 is 19.6 Å². The van der Waals surface area contributed by atoms with Crippen molar-refractivity contribution in [3.05, 3.63) is 71.9 Å². The number of amides is 1. The first-order valence-corrected chi connectivity index (χ1v) is 16.7. The van der Waals surface area contributed by atoms with Crippen LogP contribution in [-0.4, -0.2) is 57.3 Å². The van der Waals surface area contributed by atoms with E-state index in [0.29, 0.717) is 23.5 Å². The van der Waals surface area contributed by atoms with Crippen LogP contribution in [0.5, 0.6) is 0 Å². The Kier molecular flexibility index (Phi) is 7.26. The number of fused-ring (bicyclic) bond motifs is 1. The number of ether oxygens (including phenoxy) is 2. The molecule has 2 heterocycles. The SMILES string of the molecule is CC1(OC(=O)N[C@@]2(C)O[C@H]2NC(CSCC(=O)O)Cc2ccccc2)C2CC3CC(C2)CC1(c1c[nH]c2ccccc12)C3. The second-order valence-electron chi connectivity index (χ2n) is 13.6. The number of hydrogen-bond acceptors (Lipinski definition) is 6. The Morgan fingerprint density at radius 3 is 2.53 bits per heavy atom. The Bertz CT molecular complexity index is 1500. The predicted octanol–water partition coefficient (Wildman–Crippen LogP) is 5.82. The van der Waals surface area contributed by atoms with Crippen molar-refractivity contribution in [3.63, 3.8) is 0 Å². The summed E-state index contributed by atoms with van der Waals surface area (Å²) in [6.45, 7) is 4.04. The highest BCUT2D eigenvalue weighted by Crippen LogP contribution is 2.67. The molecule has 6 atom stereocenters. The van der Waals surface area contributed by atoms with Crippen LogP contribution in [0, 0.1) is 17.8 Å². The lowest BCUT2D eigenvalue weighted by atomic mass is 9.42. The minimum atomic E-state index is -0.903. The van der Waals surface area contributed by atoms with Crippen LogP contribution in [-0.2, 0) is 26.1 Å².